The number of benzene rings is 3. The number of rotatable bonds is 4. The molecule has 0 aliphatic carbocycles. The summed E-state index contributed by atoms with van der Waals surface area (Å²) < 4.78 is 17.5. The Morgan fingerprint density at radius 1 is 1.06 bits per heavy atom. The summed E-state index contributed by atoms with van der Waals surface area (Å²) in [5.41, 5.74) is 3.40. The molecule has 8 heteroatoms. The number of nitrogens with one attached hydrogen (secondary N) is 1. The highest BCUT2D eigenvalue weighted by Crippen LogP contribution is 2.40. The molecule has 0 fully saturated rings. The third-order valence-corrected chi connectivity index (χ3v) is 6.33. The topological polar surface area (TPSA) is 72.3 Å². The second kappa shape index (κ2) is 8.65. The van der Waals surface area contributed by atoms with Crippen LogP contribution in [0.2, 0.25) is 5.02 Å². The zero-order valence-corrected chi connectivity index (χ0v) is 19.5. The van der Waals surface area contributed by atoms with Crippen molar-refractivity contribution in [1.29, 1.82) is 0 Å². The highest BCUT2D eigenvalue weighted by molar-refractivity contribution is 9.10. The average Bonchev–Trinajstić information content (AvgIpc) is 3.28. The Morgan fingerprint density at radius 3 is 2.75 bits per heavy atom. The second-order valence-corrected chi connectivity index (χ2v) is 8.91. The van der Waals surface area contributed by atoms with Crippen molar-refractivity contribution in [1.82, 2.24) is 5.32 Å². The summed E-state index contributed by atoms with van der Waals surface area (Å²) in [6, 6.07) is 16.5. The number of halogens is 2. The maximum Gasteiger partial charge on any atom is 0.231 e. The third kappa shape index (κ3) is 4.03. The van der Waals surface area contributed by atoms with Crippen LogP contribution in [0.4, 0.5) is 0 Å². The van der Waals surface area contributed by atoms with E-state index in [-0.39, 0.29) is 18.6 Å². The van der Waals surface area contributed by atoms with Gasteiger partial charge in [0.1, 0.15) is 17.7 Å². The van der Waals surface area contributed by atoms with Crippen molar-refractivity contribution < 1.29 is 19.3 Å². The third-order valence-electron chi connectivity index (χ3n) is 5.60. The first-order chi connectivity index (χ1) is 15.5. The number of hydrogen-bond donors (Lipinski definition) is 2. The number of aliphatic imine (C=N–C) groups is 1. The molecule has 2 aliphatic heterocycles. The van der Waals surface area contributed by atoms with Crippen LogP contribution in [0.25, 0.3) is 0 Å². The molecule has 0 saturated heterocycles. The molecule has 0 spiro atoms. The van der Waals surface area contributed by atoms with E-state index in [1.165, 1.54) is 0 Å². The minimum Gasteiger partial charge on any atom is -0.508 e. The fourth-order valence-electron chi connectivity index (χ4n) is 4.04. The molecule has 0 radical (unpaired) electrons. The van der Waals surface area contributed by atoms with Gasteiger partial charge in [-0.15, -0.1) is 0 Å². The Morgan fingerprint density at radius 2 is 1.91 bits per heavy atom. The Hall–Kier alpha value is -2.74. The van der Waals surface area contributed by atoms with E-state index in [0.717, 1.165) is 32.8 Å². The molecule has 0 saturated carbocycles. The van der Waals surface area contributed by atoms with Crippen molar-refractivity contribution in [2.45, 2.75) is 18.6 Å². The minimum atomic E-state index is -0.403. The number of aromatic hydroxyl groups is 1. The number of hydrogen-bond acceptors (Lipinski definition) is 6. The van der Waals surface area contributed by atoms with E-state index in [0.29, 0.717) is 22.8 Å². The molecular formula is C24H20BrClN2O4. The highest BCUT2D eigenvalue weighted by Gasteiger charge is 2.30. The fourth-order valence-corrected chi connectivity index (χ4v) is 4.60. The van der Waals surface area contributed by atoms with Gasteiger partial charge in [-0.25, -0.2) is 0 Å². The van der Waals surface area contributed by atoms with Gasteiger partial charge in [-0.05, 0) is 60.2 Å². The number of methoxy groups -OCH3 is 1. The lowest BCUT2D eigenvalue weighted by Crippen LogP contribution is -2.33. The molecule has 2 heterocycles. The Labute approximate surface area is 198 Å². The molecule has 2 N–H and O–H groups in total. The van der Waals surface area contributed by atoms with Crippen LogP contribution in [-0.4, -0.2) is 24.7 Å². The summed E-state index contributed by atoms with van der Waals surface area (Å²) >= 11 is 9.80. The molecule has 2 aliphatic rings. The normalized spacial score (nSPS) is 19.5. The van der Waals surface area contributed by atoms with Crippen LogP contribution in [0.1, 0.15) is 35.3 Å². The van der Waals surface area contributed by atoms with E-state index in [1.54, 1.807) is 25.3 Å². The van der Waals surface area contributed by atoms with Gasteiger partial charge in [0.15, 0.2) is 11.5 Å². The fraction of sp³-hybridized carbons (Fsp3) is 0.208. The van der Waals surface area contributed by atoms with Gasteiger partial charge in [-0.2, -0.15) is 0 Å². The lowest BCUT2D eigenvalue weighted by Gasteiger charge is -2.31. The van der Waals surface area contributed by atoms with Gasteiger partial charge in [0.25, 0.3) is 0 Å². The average molecular weight is 516 g/mol. The van der Waals surface area contributed by atoms with Gasteiger partial charge in [-0.1, -0.05) is 27.5 Å². The molecule has 164 valence electrons. The molecule has 2 atom stereocenters. The molecule has 6 nitrogen and oxygen atoms in total. The van der Waals surface area contributed by atoms with E-state index in [9.17, 15) is 5.11 Å². The maximum atomic E-state index is 10.6. The number of phenolic OH excluding ortho intramolecular Hbond substituents is 1. The van der Waals surface area contributed by atoms with Crippen LogP contribution in [0.3, 0.4) is 0 Å². The number of nitrogens with zero attached hydrogens (tertiary/aromatic N) is 1. The van der Waals surface area contributed by atoms with Gasteiger partial charge < -0.3 is 19.3 Å². The summed E-state index contributed by atoms with van der Waals surface area (Å²) in [6.45, 7) is 0.212. The molecule has 3 aromatic carbocycles. The van der Waals surface area contributed by atoms with Crippen LogP contribution in [0, 0.1) is 0 Å². The minimum absolute atomic E-state index is 0.179. The highest BCUT2D eigenvalue weighted by atomic mass is 79.9. The summed E-state index contributed by atoms with van der Waals surface area (Å²) in [4.78, 5) is 5.02. The second-order valence-electron chi connectivity index (χ2n) is 7.56. The van der Waals surface area contributed by atoms with Crippen LogP contribution in [0.5, 0.6) is 23.0 Å². The van der Waals surface area contributed by atoms with E-state index < -0.39 is 6.17 Å². The summed E-state index contributed by atoms with van der Waals surface area (Å²) in [7, 11) is 1.64. The lowest BCUT2D eigenvalue weighted by molar-refractivity contribution is 0.174. The van der Waals surface area contributed by atoms with E-state index >= 15 is 0 Å². The molecular weight excluding hydrogens is 496 g/mol. The molecule has 5 rings (SSSR count). The largest absolute Gasteiger partial charge is 0.508 e. The van der Waals surface area contributed by atoms with Crippen LogP contribution >= 0.6 is 27.5 Å². The number of ether oxygens (including phenoxy) is 3. The molecule has 32 heavy (non-hydrogen) atoms. The summed E-state index contributed by atoms with van der Waals surface area (Å²) in [5, 5.41) is 14.7. The first-order valence-electron chi connectivity index (χ1n) is 10.1. The van der Waals surface area contributed by atoms with Crippen molar-refractivity contribution in [2.75, 3.05) is 13.9 Å². The van der Waals surface area contributed by atoms with Gasteiger partial charge in [-0.3, -0.25) is 10.3 Å². The molecule has 0 amide bonds. The predicted molar refractivity (Wildman–Crippen MR) is 126 cm³/mol. The molecule has 0 aromatic heterocycles. The number of fused-ring (bicyclic) bond motifs is 1. The van der Waals surface area contributed by atoms with E-state index in [2.05, 4.69) is 21.2 Å². The van der Waals surface area contributed by atoms with Crippen LogP contribution in [-0.2, 0) is 0 Å². The first-order valence-corrected chi connectivity index (χ1v) is 11.2. The lowest BCUT2D eigenvalue weighted by atomic mass is 9.93. The van der Waals surface area contributed by atoms with Crippen LogP contribution in [0.15, 0.2) is 64.1 Å². The Balaban J connectivity index is 1.61. The molecule has 0 unspecified atom stereocenters. The van der Waals surface area contributed by atoms with Crippen molar-refractivity contribution in [3.8, 4) is 23.0 Å². The summed E-state index contributed by atoms with van der Waals surface area (Å²) in [6.07, 6.45) is 0.153. The van der Waals surface area contributed by atoms with Crippen molar-refractivity contribution in [2.24, 2.45) is 4.99 Å². The molecule has 3 aromatic rings. The van der Waals surface area contributed by atoms with Crippen LogP contribution < -0.4 is 19.5 Å². The monoisotopic (exact) mass is 514 g/mol. The van der Waals surface area contributed by atoms with Gasteiger partial charge in [0.2, 0.25) is 6.79 Å². The zero-order valence-electron chi connectivity index (χ0n) is 17.1. The van der Waals surface area contributed by atoms with Crippen molar-refractivity contribution in [3.63, 3.8) is 0 Å². The zero-order chi connectivity index (χ0) is 22.2. The predicted octanol–water partition coefficient (Wildman–Crippen LogP) is 5.77. The first kappa shape index (κ1) is 21.1. The maximum absolute atomic E-state index is 10.6. The number of phenols is 1. The summed E-state index contributed by atoms with van der Waals surface area (Å²) in [5.74, 6) is 2.31. The van der Waals surface area contributed by atoms with Crippen molar-refractivity contribution in [3.05, 3.63) is 80.8 Å². The van der Waals surface area contributed by atoms with Gasteiger partial charge >= 0.3 is 0 Å². The van der Waals surface area contributed by atoms with Crippen molar-refractivity contribution >= 4 is 33.2 Å². The SMILES string of the molecule is COc1ccc(Br)cc1[C@H]1N=C(c2ccc3c(c2)OCO3)C[C@@H](c2cc(Cl)ccc2O)N1. The Bertz CT molecular complexity index is 1220. The van der Waals surface area contributed by atoms with Gasteiger partial charge in [0.05, 0.1) is 7.11 Å². The molecule has 0 bridgehead atoms. The Kier molecular flexibility index (Phi) is 5.71. The standard InChI is InChI=1S/C24H20BrClN2O4/c1-30-21-7-3-14(25)9-17(21)24-27-18(13-2-6-22-23(8-13)32-12-31-22)11-19(28-24)16-10-15(26)4-5-20(16)29/h2-10,19,24,28-29H,11-12H2,1H3/t19-,24-/m0/s1. The smallest absolute Gasteiger partial charge is 0.231 e. The van der Waals surface area contributed by atoms with E-state index in [1.807, 2.05) is 36.4 Å². The van der Waals surface area contributed by atoms with E-state index in [4.69, 9.17) is 30.8 Å². The quantitative estimate of drug-likeness (QED) is 0.462. The van der Waals surface area contributed by atoms with Gasteiger partial charge in [0, 0.05) is 38.8 Å².